The van der Waals surface area contributed by atoms with E-state index in [9.17, 15) is 4.79 Å². The molecule has 0 saturated carbocycles. The van der Waals surface area contributed by atoms with E-state index in [0.29, 0.717) is 18.7 Å². The van der Waals surface area contributed by atoms with Gasteiger partial charge in [0, 0.05) is 37.4 Å². The zero-order chi connectivity index (χ0) is 22.1. The first-order chi connectivity index (χ1) is 14.3. The maximum atomic E-state index is 12.2. The van der Waals surface area contributed by atoms with Crippen LogP contribution in [0.1, 0.15) is 41.2 Å². The largest absolute Gasteiger partial charge is 0.497 e. The first kappa shape index (κ1) is 23.3. The molecule has 30 heavy (non-hydrogen) atoms. The average Bonchev–Trinajstić information content (AvgIpc) is 2.97. The molecule has 1 atom stereocenters. The van der Waals surface area contributed by atoms with Crippen molar-refractivity contribution in [2.45, 2.75) is 40.2 Å². The molecular formula is C22H34N6O2. The van der Waals surface area contributed by atoms with Crippen LogP contribution in [0.4, 0.5) is 0 Å². The second kappa shape index (κ2) is 11.2. The van der Waals surface area contributed by atoms with Gasteiger partial charge in [-0.25, -0.2) is 0 Å². The van der Waals surface area contributed by atoms with Crippen LogP contribution in [-0.4, -0.2) is 54.4 Å². The number of aromatic nitrogens is 2. The molecule has 3 N–H and O–H groups in total. The standard InChI is InChI=1S/C22H34N6O2/c1-7-23-22(26-15(2)14-20-16(3)27-28(5)17(20)4)25-13-12-24-21(29)18-8-10-19(30-6)11-9-18/h8-11,15H,7,12-14H2,1-6H3,(H,24,29)(H2,23,25,26). The quantitative estimate of drug-likeness (QED) is 0.331. The Morgan fingerprint density at radius 3 is 2.50 bits per heavy atom. The van der Waals surface area contributed by atoms with Crippen molar-refractivity contribution in [3.63, 3.8) is 0 Å². The zero-order valence-electron chi connectivity index (χ0n) is 18.9. The van der Waals surface area contributed by atoms with Gasteiger partial charge in [-0.15, -0.1) is 0 Å². The highest BCUT2D eigenvalue weighted by molar-refractivity contribution is 5.94. The first-order valence-electron chi connectivity index (χ1n) is 10.3. The molecule has 0 radical (unpaired) electrons. The Kier molecular flexibility index (Phi) is 8.70. The van der Waals surface area contributed by atoms with Gasteiger partial charge < -0.3 is 20.7 Å². The summed E-state index contributed by atoms with van der Waals surface area (Å²) in [6.45, 7) is 9.99. The minimum absolute atomic E-state index is 0.123. The SMILES string of the molecule is CCNC(=NCCNC(=O)c1ccc(OC)cc1)NC(C)Cc1c(C)nn(C)c1C. The average molecular weight is 415 g/mol. The molecule has 0 spiro atoms. The van der Waals surface area contributed by atoms with E-state index in [1.54, 1.807) is 31.4 Å². The highest BCUT2D eigenvalue weighted by Gasteiger charge is 2.14. The smallest absolute Gasteiger partial charge is 0.251 e. The predicted molar refractivity (Wildman–Crippen MR) is 120 cm³/mol. The summed E-state index contributed by atoms with van der Waals surface area (Å²) in [5, 5.41) is 14.1. The Balaban J connectivity index is 1.86. The summed E-state index contributed by atoms with van der Waals surface area (Å²) in [7, 11) is 3.57. The third-order valence-electron chi connectivity index (χ3n) is 4.92. The van der Waals surface area contributed by atoms with Gasteiger partial charge in [0.05, 0.1) is 19.3 Å². The van der Waals surface area contributed by atoms with Crippen LogP contribution in [-0.2, 0) is 13.5 Å². The number of nitrogens with one attached hydrogen (secondary N) is 3. The van der Waals surface area contributed by atoms with Crippen molar-refractivity contribution in [1.82, 2.24) is 25.7 Å². The van der Waals surface area contributed by atoms with Gasteiger partial charge in [0.25, 0.3) is 5.91 Å². The highest BCUT2D eigenvalue weighted by Crippen LogP contribution is 2.14. The lowest BCUT2D eigenvalue weighted by Crippen LogP contribution is -2.43. The Bertz CT molecular complexity index is 857. The zero-order valence-corrected chi connectivity index (χ0v) is 18.9. The van der Waals surface area contributed by atoms with Gasteiger partial charge in [0.15, 0.2) is 5.96 Å². The van der Waals surface area contributed by atoms with Crippen LogP contribution < -0.4 is 20.7 Å². The maximum Gasteiger partial charge on any atom is 0.251 e. The predicted octanol–water partition coefficient (Wildman–Crippen LogP) is 1.96. The van der Waals surface area contributed by atoms with Gasteiger partial charge >= 0.3 is 0 Å². The van der Waals surface area contributed by atoms with E-state index in [4.69, 9.17) is 4.74 Å². The first-order valence-corrected chi connectivity index (χ1v) is 10.3. The third-order valence-corrected chi connectivity index (χ3v) is 4.92. The van der Waals surface area contributed by atoms with Crippen LogP contribution in [0.3, 0.4) is 0 Å². The molecule has 1 aromatic carbocycles. The van der Waals surface area contributed by atoms with Crippen molar-refractivity contribution in [2.75, 3.05) is 26.7 Å². The number of rotatable bonds is 9. The minimum Gasteiger partial charge on any atom is -0.497 e. The summed E-state index contributed by atoms with van der Waals surface area (Å²) in [4.78, 5) is 16.8. The summed E-state index contributed by atoms with van der Waals surface area (Å²) < 4.78 is 7.03. The van der Waals surface area contributed by atoms with Gasteiger partial charge in [-0.2, -0.15) is 5.10 Å². The summed E-state index contributed by atoms with van der Waals surface area (Å²) >= 11 is 0. The number of benzene rings is 1. The van der Waals surface area contributed by atoms with E-state index in [-0.39, 0.29) is 11.9 Å². The van der Waals surface area contributed by atoms with Crippen molar-refractivity contribution < 1.29 is 9.53 Å². The highest BCUT2D eigenvalue weighted by atomic mass is 16.5. The molecule has 8 nitrogen and oxygen atoms in total. The molecule has 1 heterocycles. The van der Waals surface area contributed by atoms with E-state index in [1.165, 1.54) is 11.3 Å². The summed E-state index contributed by atoms with van der Waals surface area (Å²) in [6.07, 6.45) is 0.865. The van der Waals surface area contributed by atoms with E-state index in [0.717, 1.165) is 30.4 Å². The Morgan fingerprint density at radius 2 is 1.93 bits per heavy atom. The molecule has 0 aliphatic rings. The molecule has 0 aliphatic carbocycles. The van der Waals surface area contributed by atoms with E-state index in [2.05, 4.69) is 39.9 Å². The van der Waals surface area contributed by atoms with Gasteiger partial charge in [-0.1, -0.05) is 0 Å². The fourth-order valence-corrected chi connectivity index (χ4v) is 3.21. The summed E-state index contributed by atoms with van der Waals surface area (Å²) in [5.41, 5.74) is 4.11. The fourth-order valence-electron chi connectivity index (χ4n) is 3.21. The lowest BCUT2D eigenvalue weighted by molar-refractivity contribution is 0.0954. The lowest BCUT2D eigenvalue weighted by Gasteiger charge is -2.18. The van der Waals surface area contributed by atoms with Gasteiger partial charge in [0.2, 0.25) is 0 Å². The number of guanidine groups is 1. The number of methoxy groups -OCH3 is 1. The lowest BCUT2D eigenvalue weighted by atomic mass is 10.1. The Morgan fingerprint density at radius 1 is 1.23 bits per heavy atom. The van der Waals surface area contributed by atoms with Crippen molar-refractivity contribution in [3.05, 3.63) is 46.8 Å². The molecule has 164 valence electrons. The van der Waals surface area contributed by atoms with Crippen molar-refractivity contribution in [2.24, 2.45) is 12.0 Å². The number of carbonyl (C=O) groups is 1. The molecule has 1 amide bonds. The number of carbonyl (C=O) groups excluding carboxylic acids is 1. The van der Waals surface area contributed by atoms with Crippen molar-refractivity contribution in [1.29, 1.82) is 0 Å². The molecule has 1 unspecified atom stereocenters. The number of aryl methyl sites for hydroxylation is 2. The molecule has 1 aromatic heterocycles. The number of nitrogens with zero attached hydrogens (tertiary/aromatic N) is 3. The normalized spacial score (nSPS) is 12.4. The van der Waals surface area contributed by atoms with Crippen LogP contribution in [0.15, 0.2) is 29.3 Å². The van der Waals surface area contributed by atoms with Crippen molar-refractivity contribution in [3.8, 4) is 5.75 Å². The summed E-state index contributed by atoms with van der Waals surface area (Å²) in [6, 6.07) is 7.22. The Hall–Kier alpha value is -3.03. The second-order valence-corrected chi connectivity index (χ2v) is 7.27. The monoisotopic (exact) mass is 414 g/mol. The van der Waals surface area contributed by atoms with Crippen LogP contribution in [0.25, 0.3) is 0 Å². The van der Waals surface area contributed by atoms with Crippen molar-refractivity contribution >= 4 is 11.9 Å². The fraction of sp³-hybridized carbons (Fsp3) is 0.500. The number of ether oxygens (including phenoxy) is 1. The van der Waals surface area contributed by atoms with Gasteiger partial charge in [-0.05, 0) is 63.9 Å². The summed E-state index contributed by atoms with van der Waals surface area (Å²) in [5.74, 6) is 1.34. The van der Waals surface area contributed by atoms with E-state index < -0.39 is 0 Å². The molecule has 2 rings (SSSR count). The molecule has 0 bridgehead atoms. The van der Waals surface area contributed by atoms with E-state index in [1.807, 2.05) is 25.6 Å². The number of hydrogen-bond donors (Lipinski definition) is 3. The molecule has 0 saturated heterocycles. The van der Waals surface area contributed by atoms with Gasteiger partial charge in [0.1, 0.15) is 5.75 Å². The third kappa shape index (κ3) is 6.50. The second-order valence-electron chi connectivity index (χ2n) is 7.27. The topological polar surface area (TPSA) is 92.6 Å². The molecule has 2 aromatic rings. The minimum atomic E-state index is -0.123. The van der Waals surface area contributed by atoms with Gasteiger partial charge in [-0.3, -0.25) is 14.5 Å². The number of amides is 1. The molecule has 0 fully saturated rings. The van der Waals surface area contributed by atoms with E-state index >= 15 is 0 Å². The van der Waals surface area contributed by atoms with Crippen LogP contribution in [0, 0.1) is 13.8 Å². The number of hydrogen-bond acceptors (Lipinski definition) is 4. The number of aliphatic imine (C=N–C) groups is 1. The van der Waals surface area contributed by atoms with Crippen LogP contribution >= 0.6 is 0 Å². The maximum absolute atomic E-state index is 12.2. The molecular weight excluding hydrogens is 380 g/mol. The molecule has 0 aliphatic heterocycles. The van der Waals surface area contributed by atoms with Crippen LogP contribution in [0.5, 0.6) is 5.75 Å². The molecule has 8 heteroatoms. The van der Waals surface area contributed by atoms with Crippen LogP contribution in [0.2, 0.25) is 0 Å². The Labute approximate surface area is 179 Å².